The standard InChI is InChI=1S/C21H19NO/c1-15-20(19-13-7-11-17-10-5-6-12-18(17)19)22(21(15)23)14-16-8-3-2-4-9-16/h2-13,15,20H,14H2,1H3/t15-,20+/m1/s1. The molecule has 0 aromatic heterocycles. The average molecular weight is 301 g/mol. The van der Waals surface area contributed by atoms with Crippen molar-refractivity contribution in [3.63, 3.8) is 0 Å². The van der Waals surface area contributed by atoms with Crippen LogP contribution in [-0.2, 0) is 11.3 Å². The van der Waals surface area contributed by atoms with Crippen molar-refractivity contribution in [2.75, 3.05) is 0 Å². The molecule has 4 rings (SSSR count). The number of amides is 1. The molecule has 1 heterocycles. The first-order valence-corrected chi connectivity index (χ1v) is 8.08. The summed E-state index contributed by atoms with van der Waals surface area (Å²) in [6.45, 7) is 2.72. The van der Waals surface area contributed by atoms with Crippen LogP contribution < -0.4 is 0 Å². The van der Waals surface area contributed by atoms with Gasteiger partial charge >= 0.3 is 0 Å². The number of hydrogen-bond donors (Lipinski definition) is 0. The molecule has 23 heavy (non-hydrogen) atoms. The Balaban J connectivity index is 1.72. The summed E-state index contributed by atoms with van der Waals surface area (Å²) in [5, 5.41) is 2.48. The van der Waals surface area contributed by atoms with Gasteiger partial charge in [0.15, 0.2) is 0 Å². The van der Waals surface area contributed by atoms with Gasteiger partial charge in [-0.05, 0) is 21.9 Å². The Morgan fingerprint density at radius 2 is 1.57 bits per heavy atom. The van der Waals surface area contributed by atoms with E-state index in [0.29, 0.717) is 6.54 Å². The summed E-state index contributed by atoms with van der Waals surface area (Å²) in [5.74, 6) is 0.288. The van der Waals surface area contributed by atoms with E-state index in [2.05, 4.69) is 54.6 Å². The molecule has 1 aliphatic heterocycles. The molecule has 2 heteroatoms. The highest BCUT2D eigenvalue weighted by atomic mass is 16.2. The second-order valence-electron chi connectivity index (χ2n) is 6.25. The van der Waals surface area contributed by atoms with Crippen molar-refractivity contribution in [1.29, 1.82) is 0 Å². The van der Waals surface area contributed by atoms with Crippen molar-refractivity contribution in [1.82, 2.24) is 4.90 Å². The van der Waals surface area contributed by atoms with Gasteiger partial charge in [-0.3, -0.25) is 4.79 Å². The Kier molecular flexibility index (Phi) is 3.38. The highest BCUT2D eigenvalue weighted by Gasteiger charge is 2.45. The number of carbonyl (C=O) groups is 1. The summed E-state index contributed by atoms with van der Waals surface area (Å²) >= 11 is 0. The fourth-order valence-corrected chi connectivity index (χ4v) is 3.62. The van der Waals surface area contributed by atoms with Crippen molar-refractivity contribution < 1.29 is 4.79 Å². The van der Waals surface area contributed by atoms with Gasteiger partial charge in [0, 0.05) is 6.54 Å². The number of hydrogen-bond acceptors (Lipinski definition) is 1. The van der Waals surface area contributed by atoms with Crippen molar-refractivity contribution in [2.24, 2.45) is 5.92 Å². The van der Waals surface area contributed by atoms with Crippen LogP contribution in [0.4, 0.5) is 0 Å². The summed E-state index contributed by atoms with van der Waals surface area (Å²) in [6, 6.07) is 25.2. The minimum atomic E-state index is 0.0459. The first-order valence-electron chi connectivity index (χ1n) is 8.08. The molecule has 3 aromatic rings. The minimum absolute atomic E-state index is 0.0459. The van der Waals surface area contributed by atoms with Gasteiger partial charge in [0.2, 0.25) is 5.91 Å². The van der Waals surface area contributed by atoms with Crippen LogP contribution in [0.1, 0.15) is 24.1 Å². The van der Waals surface area contributed by atoms with Gasteiger partial charge in [-0.15, -0.1) is 0 Å². The maximum atomic E-state index is 12.4. The molecule has 1 saturated heterocycles. The van der Waals surface area contributed by atoms with E-state index >= 15 is 0 Å². The molecule has 0 aliphatic carbocycles. The fourth-order valence-electron chi connectivity index (χ4n) is 3.62. The normalized spacial score (nSPS) is 20.6. The topological polar surface area (TPSA) is 20.3 Å². The predicted molar refractivity (Wildman–Crippen MR) is 92.8 cm³/mol. The summed E-state index contributed by atoms with van der Waals surface area (Å²) < 4.78 is 0. The lowest BCUT2D eigenvalue weighted by Crippen LogP contribution is -2.53. The van der Waals surface area contributed by atoms with Crippen LogP contribution in [0, 0.1) is 5.92 Å². The minimum Gasteiger partial charge on any atom is -0.330 e. The third kappa shape index (κ3) is 2.31. The van der Waals surface area contributed by atoms with E-state index < -0.39 is 0 Å². The van der Waals surface area contributed by atoms with Crippen molar-refractivity contribution in [2.45, 2.75) is 19.5 Å². The van der Waals surface area contributed by atoms with Gasteiger partial charge in [-0.25, -0.2) is 0 Å². The number of carbonyl (C=O) groups excluding carboxylic acids is 1. The molecule has 0 unspecified atom stereocenters. The molecule has 0 radical (unpaired) electrons. The molecule has 1 amide bonds. The molecule has 2 atom stereocenters. The summed E-state index contributed by atoms with van der Waals surface area (Å²) in [4.78, 5) is 14.4. The van der Waals surface area contributed by atoms with E-state index in [0.717, 1.165) is 0 Å². The van der Waals surface area contributed by atoms with E-state index in [1.807, 2.05) is 30.0 Å². The Morgan fingerprint density at radius 3 is 2.39 bits per heavy atom. The van der Waals surface area contributed by atoms with Crippen LogP contribution in [0.5, 0.6) is 0 Å². The largest absolute Gasteiger partial charge is 0.330 e. The molecule has 0 bridgehead atoms. The molecule has 1 aliphatic rings. The Bertz CT molecular complexity index is 851. The highest BCUT2D eigenvalue weighted by molar-refractivity contribution is 5.91. The van der Waals surface area contributed by atoms with Gasteiger partial charge in [-0.2, -0.15) is 0 Å². The van der Waals surface area contributed by atoms with Crippen LogP contribution in [0.3, 0.4) is 0 Å². The molecular formula is C21H19NO. The molecule has 0 saturated carbocycles. The second kappa shape index (κ2) is 5.54. The van der Waals surface area contributed by atoms with Crippen LogP contribution >= 0.6 is 0 Å². The maximum Gasteiger partial charge on any atom is 0.228 e. The molecule has 114 valence electrons. The van der Waals surface area contributed by atoms with E-state index in [-0.39, 0.29) is 17.9 Å². The monoisotopic (exact) mass is 301 g/mol. The van der Waals surface area contributed by atoms with Crippen molar-refractivity contribution >= 4 is 16.7 Å². The summed E-state index contributed by atoms with van der Waals surface area (Å²) in [6.07, 6.45) is 0. The van der Waals surface area contributed by atoms with E-state index in [1.54, 1.807) is 0 Å². The maximum absolute atomic E-state index is 12.4. The lowest BCUT2D eigenvalue weighted by Gasteiger charge is -2.46. The van der Waals surface area contributed by atoms with Gasteiger partial charge < -0.3 is 4.90 Å². The summed E-state index contributed by atoms with van der Waals surface area (Å²) in [5.41, 5.74) is 2.43. The molecule has 1 fully saturated rings. The van der Waals surface area contributed by atoms with Gasteiger partial charge in [0.05, 0.1) is 12.0 Å². The molecule has 0 spiro atoms. The molecular weight excluding hydrogens is 282 g/mol. The number of fused-ring (bicyclic) bond motifs is 1. The zero-order valence-electron chi connectivity index (χ0n) is 13.1. The van der Waals surface area contributed by atoms with Gasteiger partial charge in [-0.1, -0.05) is 79.7 Å². The van der Waals surface area contributed by atoms with Crippen LogP contribution in [0.2, 0.25) is 0 Å². The first kappa shape index (κ1) is 14.0. The Morgan fingerprint density at radius 1 is 0.870 bits per heavy atom. The SMILES string of the molecule is C[C@H]1C(=O)N(Cc2ccccc2)[C@@H]1c1cccc2ccccc12. The third-order valence-corrected chi connectivity index (χ3v) is 4.82. The van der Waals surface area contributed by atoms with Gasteiger partial charge in [0.1, 0.15) is 0 Å². The van der Waals surface area contributed by atoms with E-state index in [9.17, 15) is 4.79 Å². The van der Waals surface area contributed by atoms with Gasteiger partial charge in [0.25, 0.3) is 0 Å². The number of β-lactam (4-membered cyclic amide) rings is 1. The smallest absolute Gasteiger partial charge is 0.228 e. The van der Waals surface area contributed by atoms with E-state index in [1.165, 1.54) is 21.9 Å². The lowest BCUT2D eigenvalue weighted by molar-refractivity contribution is -0.156. The molecule has 3 aromatic carbocycles. The zero-order valence-corrected chi connectivity index (χ0v) is 13.1. The quantitative estimate of drug-likeness (QED) is 0.649. The first-order chi connectivity index (χ1) is 11.3. The van der Waals surface area contributed by atoms with Crippen molar-refractivity contribution in [3.05, 3.63) is 83.9 Å². The molecule has 0 N–H and O–H groups in total. The number of benzene rings is 3. The number of rotatable bonds is 3. The third-order valence-electron chi connectivity index (χ3n) is 4.82. The average Bonchev–Trinajstić information content (AvgIpc) is 2.62. The number of nitrogens with zero attached hydrogens (tertiary/aromatic N) is 1. The molecule has 2 nitrogen and oxygen atoms in total. The number of likely N-dealkylation sites (tertiary alicyclic amines) is 1. The van der Waals surface area contributed by atoms with Crippen LogP contribution in [-0.4, -0.2) is 10.8 Å². The van der Waals surface area contributed by atoms with Crippen LogP contribution in [0.15, 0.2) is 72.8 Å². The van der Waals surface area contributed by atoms with Crippen LogP contribution in [0.25, 0.3) is 10.8 Å². The zero-order chi connectivity index (χ0) is 15.8. The van der Waals surface area contributed by atoms with E-state index in [4.69, 9.17) is 0 Å². The highest BCUT2D eigenvalue weighted by Crippen LogP contribution is 2.43. The predicted octanol–water partition coefficient (Wildman–Crippen LogP) is 4.56. The summed E-state index contributed by atoms with van der Waals surface area (Å²) in [7, 11) is 0. The fraction of sp³-hybridized carbons (Fsp3) is 0.190. The Labute approximate surface area is 136 Å². The second-order valence-corrected chi connectivity index (χ2v) is 6.25. The lowest BCUT2D eigenvalue weighted by atomic mass is 9.81. The van der Waals surface area contributed by atoms with Crippen molar-refractivity contribution in [3.8, 4) is 0 Å². The Hall–Kier alpha value is -2.61.